The number of para-hydroxylation sites is 1. The first-order valence-electron chi connectivity index (χ1n) is 6.25. The van der Waals surface area contributed by atoms with E-state index >= 15 is 0 Å². The van der Waals surface area contributed by atoms with Crippen LogP contribution in [0.2, 0.25) is 0 Å². The lowest BCUT2D eigenvalue weighted by Crippen LogP contribution is -2.28. The fourth-order valence-electron chi connectivity index (χ4n) is 2.11. The molecular formula is C14H16N4S. The van der Waals surface area contributed by atoms with Crippen LogP contribution in [0.5, 0.6) is 0 Å². The van der Waals surface area contributed by atoms with Crippen LogP contribution in [0.4, 0.5) is 0 Å². The van der Waals surface area contributed by atoms with Gasteiger partial charge in [0.2, 0.25) is 0 Å². The number of hydrogen-bond acceptors (Lipinski definition) is 4. The van der Waals surface area contributed by atoms with Gasteiger partial charge >= 0.3 is 0 Å². The number of fused-ring (bicyclic) bond motifs is 1. The monoisotopic (exact) mass is 272 g/mol. The highest BCUT2D eigenvalue weighted by molar-refractivity contribution is 7.11. The summed E-state index contributed by atoms with van der Waals surface area (Å²) in [6.07, 6.45) is 0. The smallest absolute Gasteiger partial charge is 0.120 e. The lowest BCUT2D eigenvalue weighted by atomic mass is 10.1. The van der Waals surface area contributed by atoms with Gasteiger partial charge in [0, 0.05) is 4.88 Å². The van der Waals surface area contributed by atoms with E-state index in [9.17, 15) is 0 Å². The molecule has 0 aliphatic carbocycles. The van der Waals surface area contributed by atoms with Crippen LogP contribution in [0.25, 0.3) is 11.0 Å². The Morgan fingerprint density at radius 3 is 2.58 bits per heavy atom. The first-order valence-corrected chi connectivity index (χ1v) is 7.07. The van der Waals surface area contributed by atoms with E-state index in [0.29, 0.717) is 0 Å². The first-order chi connectivity index (χ1) is 9.00. The molecule has 0 unspecified atom stereocenters. The second-order valence-electron chi connectivity index (χ2n) is 5.21. The maximum Gasteiger partial charge on any atom is 0.120 e. The van der Waals surface area contributed by atoms with E-state index in [4.69, 9.17) is 0 Å². The Morgan fingerprint density at radius 1 is 1.16 bits per heavy atom. The lowest BCUT2D eigenvalue weighted by molar-refractivity contribution is 0.391. The second-order valence-corrected chi connectivity index (χ2v) is 6.41. The van der Waals surface area contributed by atoms with Crippen LogP contribution in [0, 0.1) is 13.8 Å². The molecule has 0 amide bonds. The predicted molar refractivity (Wildman–Crippen MR) is 77.5 cm³/mol. The van der Waals surface area contributed by atoms with E-state index in [1.165, 1.54) is 4.88 Å². The van der Waals surface area contributed by atoms with Crippen molar-refractivity contribution in [3.05, 3.63) is 39.8 Å². The SMILES string of the molecule is Cc1nc(C(C)(C)n2nnc3ccccc32)sc1C. The van der Waals surface area contributed by atoms with Crippen molar-refractivity contribution < 1.29 is 0 Å². The van der Waals surface area contributed by atoms with Gasteiger partial charge in [-0.1, -0.05) is 17.3 Å². The molecule has 0 aliphatic rings. The van der Waals surface area contributed by atoms with E-state index in [0.717, 1.165) is 21.7 Å². The quantitative estimate of drug-likeness (QED) is 0.719. The fourth-order valence-corrected chi connectivity index (χ4v) is 3.11. The van der Waals surface area contributed by atoms with Gasteiger partial charge in [0.1, 0.15) is 16.1 Å². The molecule has 5 heteroatoms. The molecule has 19 heavy (non-hydrogen) atoms. The Bertz CT molecular complexity index is 719. The number of aromatic nitrogens is 4. The first kappa shape index (κ1) is 12.3. The molecule has 0 fully saturated rings. The molecular weight excluding hydrogens is 256 g/mol. The second kappa shape index (κ2) is 4.13. The van der Waals surface area contributed by atoms with Crippen LogP contribution in [0.15, 0.2) is 24.3 Å². The van der Waals surface area contributed by atoms with Crippen LogP contribution >= 0.6 is 11.3 Å². The lowest BCUT2D eigenvalue weighted by Gasteiger charge is -2.22. The van der Waals surface area contributed by atoms with E-state index in [1.807, 2.05) is 35.9 Å². The molecule has 3 aromatic rings. The van der Waals surface area contributed by atoms with Crippen LogP contribution in [0.3, 0.4) is 0 Å². The van der Waals surface area contributed by atoms with Crippen LogP contribution in [0.1, 0.15) is 29.4 Å². The normalized spacial score (nSPS) is 12.2. The summed E-state index contributed by atoms with van der Waals surface area (Å²) < 4.78 is 1.96. The summed E-state index contributed by atoms with van der Waals surface area (Å²) in [6.45, 7) is 8.41. The van der Waals surface area contributed by atoms with Crippen molar-refractivity contribution in [2.24, 2.45) is 0 Å². The minimum Gasteiger partial charge on any atom is -0.244 e. The van der Waals surface area contributed by atoms with Gasteiger partial charge in [-0.05, 0) is 39.8 Å². The van der Waals surface area contributed by atoms with Gasteiger partial charge in [-0.25, -0.2) is 9.67 Å². The Hall–Kier alpha value is -1.75. The third kappa shape index (κ3) is 1.85. The number of nitrogens with zero attached hydrogens (tertiary/aromatic N) is 4. The van der Waals surface area contributed by atoms with E-state index in [2.05, 4.69) is 36.1 Å². The number of aryl methyl sites for hydroxylation is 2. The molecule has 0 atom stereocenters. The van der Waals surface area contributed by atoms with E-state index in [1.54, 1.807) is 11.3 Å². The highest BCUT2D eigenvalue weighted by Crippen LogP contribution is 2.32. The number of thiazole rings is 1. The van der Waals surface area contributed by atoms with Crippen molar-refractivity contribution in [2.75, 3.05) is 0 Å². The fraction of sp³-hybridized carbons (Fsp3) is 0.357. The Labute approximate surface area is 116 Å². The number of benzene rings is 1. The Morgan fingerprint density at radius 2 is 1.89 bits per heavy atom. The summed E-state index contributed by atoms with van der Waals surface area (Å²) in [5, 5.41) is 9.61. The van der Waals surface area contributed by atoms with Gasteiger partial charge in [-0.15, -0.1) is 16.4 Å². The highest BCUT2D eigenvalue weighted by atomic mass is 32.1. The third-order valence-corrected chi connectivity index (χ3v) is 4.82. The van der Waals surface area contributed by atoms with Gasteiger partial charge in [0.05, 0.1) is 11.2 Å². The van der Waals surface area contributed by atoms with Gasteiger partial charge in [-0.2, -0.15) is 0 Å². The summed E-state index contributed by atoms with van der Waals surface area (Å²) >= 11 is 1.73. The minimum absolute atomic E-state index is 0.292. The largest absolute Gasteiger partial charge is 0.244 e. The molecule has 0 saturated carbocycles. The Balaban J connectivity index is 2.18. The third-order valence-electron chi connectivity index (χ3n) is 3.43. The minimum atomic E-state index is -0.292. The molecule has 0 spiro atoms. The Kier molecular flexibility index (Phi) is 2.67. The molecule has 98 valence electrons. The van der Waals surface area contributed by atoms with E-state index in [-0.39, 0.29) is 5.54 Å². The van der Waals surface area contributed by atoms with Crippen molar-refractivity contribution in [1.29, 1.82) is 0 Å². The average Bonchev–Trinajstić information content (AvgIpc) is 2.94. The van der Waals surface area contributed by atoms with Gasteiger partial charge in [-0.3, -0.25) is 0 Å². The van der Waals surface area contributed by atoms with Crippen molar-refractivity contribution in [1.82, 2.24) is 20.0 Å². The van der Waals surface area contributed by atoms with Crippen molar-refractivity contribution >= 4 is 22.4 Å². The molecule has 0 N–H and O–H groups in total. The molecule has 1 aromatic carbocycles. The molecule has 0 saturated heterocycles. The topological polar surface area (TPSA) is 43.6 Å². The summed E-state index contributed by atoms with van der Waals surface area (Å²) in [5.74, 6) is 0. The summed E-state index contributed by atoms with van der Waals surface area (Å²) in [7, 11) is 0. The molecule has 0 bridgehead atoms. The van der Waals surface area contributed by atoms with Crippen molar-refractivity contribution in [2.45, 2.75) is 33.2 Å². The average molecular weight is 272 g/mol. The zero-order valence-electron chi connectivity index (χ0n) is 11.5. The molecule has 3 rings (SSSR count). The maximum absolute atomic E-state index is 4.67. The van der Waals surface area contributed by atoms with Gasteiger partial charge in [0.15, 0.2) is 0 Å². The highest BCUT2D eigenvalue weighted by Gasteiger charge is 2.29. The van der Waals surface area contributed by atoms with Crippen LogP contribution < -0.4 is 0 Å². The molecule has 0 aliphatic heterocycles. The summed E-state index contributed by atoms with van der Waals surface area (Å²) in [6, 6.07) is 8.01. The van der Waals surface area contributed by atoms with E-state index < -0.39 is 0 Å². The number of rotatable bonds is 2. The number of hydrogen-bond donors (Lipinski definition) is 0. The van der Waals surface area contributed by atoms with Crippen LogP contribution in [-0.4, -0.2) is 20.0 Å². The summed E-state index contributed by atoms with van der Waals surface area (Å²) in [5.41, 5.74) is 2.76. The summed E-state index contributed by atoms with van der Waals surface area (Å²) in [4.78, 5) is 5.93. The van der Waals surface area contributed by atoms with Crippen LogP contribution in [-0.2, 0) is 5.54 Å². The van der Waals surface area contributed by atoms with Gasteiger partial charge < -0.3 is 0 Å². The standard InChI is InChI=1S/C14H16N4S/c1-9-10(2)19-13(15-9)14(3,4)18-12-8-6-5-7-11(12)16-17-18/h5-8H,1-4H3. The molecule has 2 heterocycles. The molecule has 2 aromatic heterocycles. The molecule has 4 nitrogen and oxygen atoms in total. The zero-order chi connectivity index (χ0) is 13.6. The predicted octanol–water partition coefficient (Wildman–Crippen LogP) is 3.29. The maximum atomic E-state index is 4.67. The zero-order valence-corrected chi connectivity index (χ0v) is 12.3. The van der Waals surface area contributed by atoms with Crippen molar-refractivity contribution in [3.63, 3.8) is 0 Å². The molecule has 0 radical (unpaired) electrons. The van der Waals surface area contributed by atoms with Crippen molar-refractivity contribution in [3.8, 4) is 0 Å². The van der Waals surface area contributed by atoms with Gasteiger partial charge in [0.25, 0.3) is 0 Å².